The van der Waals surface area contributed by atoms with Crippen LogP contribution < -0.4 is 10.1 Å². The lowest BCUT2D eigenvalue weighted by Crippen LogP contribution is -2.37. The maximum absolute atomic E-state index is 12.3. The van der Waals surface area contributed by atoms with E-state index in [-0.39, 0.29) is 5.91 Å². The van der Waals surface area contributed by atoms with Gasteiger partial charge in [-0.05, 0) is 36.8 Å². The normalized spacial score (nSPS) is 13.3. The Morgan fingerprint density at radius 1 is 1.18 bits per heavy atom. The first-order chi connectivity index (χ1) is 10.5. The van der Waals surface area contributed by atoms with Crippen LogP contribution in [0.4, 0.5) is 0 Å². The highest BCUT2D eigenvalue weighted by Crippen LogP contribution is 2.21. The van der Waals surface area contributed by atoms with Gasteiger partial charge >= 0.3 is 0 Å². The van der Waals surface area contributed by atoms with Gasteiger partial charge in [-0.2, -0.15) is 0 Å². The lowest BCUT2D eigenvalue weighted by atomic mass is 10.0. The van der Waals surface area contributed by atoms with Crippen molar-refractivity contribution in [1.29, 1.82) is 0 Å². The SMILES string of the molecule is COc1ccccc1C(=O)NC(C)C(O)c1ccc(Cl)cc1. The molecule has 5 heteroatoms. The highest BCUT2D eigenvalue weighted by atomic mass is 35.5. The highest BCUT2D eigenvalue weighted by Gasteiger charge is 2.20. The van der Waals surface area contributed by atoms with Crippen LogP contribution in [-0.2, 0) is 0 Å². The number of benzene rings is 2. The molecular weight excluding hydrogens is 302 g/mol. The zero-order chi connectivity index (χ0) is 16.1. The number of ether oxygens (including phenoxy) is 1. The number of para-hydroxylation sites is 1. The van der Waals surface area contributed by atoms with Gasteiger partial charge in [0.2, 0.25) is 0 Å². The summed E-state index contributed by atoms with van der Waals surface area (Å²) in [5, 5.41) is 13.7. The van der Waals surface area contributed by atoms with Gasteiger partial charge in [0.05, 0.1) is 24.8 Å². The third-order valence-electron chi connectivity index (χ3n) is 3.40. The van der Waals surface area contributed by atoms with Gasteiger partial charge in [0.15, 0.2) is 0 Å². The predicted octanol–water partition coefficient (Wildman–Crippen LogP) is 3.20. The largest absolute Gasteiger partial charge is 0.496 e. The van der Waals surface area contributed by atoms with Gasteiger partial charge in [-0.3, -0.25) is 4.79 Å². The van der Waals surface area contributed by atoms with Crippen molar-refractivity contribution in [3.63, 3.8) is 0 Å². The second kappa shape index (κ2) is 7.29. The average molecular weight is 320 g/mol. The molecule has 0 aliphatic carbocycles. The molecule has 2 unspecified atom stereocenters. The minimum absolute atomic E-state index is 0.294. The van der Waals surface area contributed by atoms with Gasteiger partial charge in [0.1, 0.15) is 5.75 Å². The molecule has 0 spiro atoms. The van der Waals surface area contributed by atoms with Crippen molar-refractivity contribution in [1.82, 2.24) is 5.32 Å². The summed E-state index contributed by atoms with van der Waals surface area (Å²) in [6.07, 6.45) is -0.823. The zero-order valence-corrected chi connectivity index (χ0v) is 13.2. The summed E-state index contributed by atoms with van der Waals surface area (Å²) in [6.45, 7) is 1.74. The van der Waals surface area contributed by atoms with E-state index in [0.29, 0.717) is 21.9 Å². The molecule has 0 bridgehead atoms. The summed E-state index contributed by atoms with van der Waals surface area (Å²) in [6, 6.07) is 13.4. The first-order valence-electron chi connectivity index (χ1n) is 6.90. The van der Waals surface area contributed by atoms with Gasteiger partial charge in [-0.25, -0.2) is 0 Å². The van der Waals surface area contributed by atoms with Gasteiger partial charge in [-0.1, -0.05) is 35.9 Å². The third kappa shape index (κ3) is 3.78. The first-order valence-corrected chi connectivity index (χ1v) is 7.28. The van der Waals surface area contributed by atoms with Crippen LogP contribution >= 0.6 is 11.6 Å². The zero-order valence-electron chi connectivity index (χ0n) is 12.4. The topological polar surface area (TPSA) is 58.6 Å². The number of carbonyl (C=O) groups is 1. The van der Waals surface area contributed by atoms with Crippen molar-refractivity contribution >= 4 is 17.5 Å². The first kappa shape index (κ1) is 16.3. The van der Waals surface area contributed by atoms with E-state index in [1.165, 1.54) is 7.11 Å². The molecule has 22 heavy (non-hydrogen) atoms. The molecule has 2 aromatic carbocycles. The standard InChI is InChI=1S/C17H18ClNO3/c1-11(16(20)12-7-9-13(18)10-8-12)19-17(21)14-5-3-4-6-15(14)22-2/h3-11,16,20H,1-2H3,(H,19,21). The van der Waals surface area contributed by atoms with E-state index in [4.69, 9.17) is 16.3 Å². The fourth-order valence-electron chi connectivity index (χ4n) is 2.14. The molecule has 2 N–H and O–H groups in total. The number of hydrogen-bond acceptors (Lipinski definition) is 3. The van der Waals surface area contributed by atoms with Gasteiger partial charge in [-0.15, -0.1) is 0 Å². The molecule has 0 aliphatic heterocycles. The summed E-state index contributed by atoms with van der Waals surface area (Å²) in [5.74, 6) is 0.200. The van der Waals surface area contributed by atoms with Crippen LogP contribution in [0.5, 0.6) is 5.75 Å². The number of aliphatic hydroxyl groups excluding tert-OH is 1. The molecule has 116 valence electrons. The van der Waals surface area contributed by atoms with Crippen LogP contribution in [0.25, 0.3) is 0 Å². The maximum atomic E-state index is 12.3. The van der Waals surface area contributed by atoms with E-state index < -0.39 is 12.1 Å². The molecular formula is C17H18ClNO3. The van der Waals surface area contributed by atoms with Crippen LogP contribution in [0.15, 0.2) is 48.5 Å². The molecule has 2 rings (SSSR count). The van der Waals surface area contributed by atoms with Crippen molar-refractivity contribution < 1.29 is 14.6 Å². The van der Waals surface area contributed by atoms with Gasteiger partial charge < -0.3 is 15.2 Å². The van der Waals surface area contributed by atoms with E-state index in [1.807, 2.05) is 0 Å². The Morgan fingerprint density at radius 2 is 1.82 bits per heavy atom. The van der Waals surface area contributed by atoms with Crippen molar-refractivity contribution in [2.24, 2.45) is 0 Å². The van der Waals surface area contributed by atoms with Crippen LogP contribution in [-0.4, -0.2) is 24.2 Å². The van der Waals surface area contributed by atoms with E-state index >= 15 is 0 Å². The Bertz CT molecular complexity index is 643. The summed E-state index contributed by atoms with van der Waals surface area (Å²) in [5.41, 5.74) is 1.12. The molecule has 2 atom stereocenters. The summed E-state index contributed by atoms with van der Waals surface area (Å²) in [4.78, 5) is 12.3. The van der Waals surface area contributed by atoms with Crippen molar-refractivity contribution in [3.05, 3.63) is 64.7 Å². The van der Waals surface area contributed by atoms with Crippen molar-refractivity contribution in [2.75, 3.05) is 7.11 Å². The number of carbonyl (C=O) groups excluding carboxylic acids is 1. The highest BCUT2D eigenvalue weighted by molar-refractivity contribution is 6.30. The number of hydrogen-bond donors (Lipinski definition) is 2. The lowest BCUT2D eigenvalue weighted by molar-refractivity contribution is 0.0849. The monoisotopic (exact) mass is 319 g/mol. The number of rotatable bonds is 5. The molecule has 0 radical (unpaired) electrons. The Kier molecular flexibility index (Phi) is 5.41. The predicted molar refractivity (Wildman–Crippen MR) is 86.3 cm³/mol. The van der Waals surface area contributed by atoms with E-state index in [2.05, 4.69) is 5.32 Å². The second-order valence-corrected chi connectivity index (χ2v) is 5.40. The molecule has 0 saturated carbocycles. The molecule has 0 saturated heterocycles. The molecule has 2 aromatic rings. The quantitative estimate of drug-likeness (QED) is 0.889. The van der Waals surface area contributed by atoms with Crippen LogP contribution in [0.2, 0.25) is 5.02 Å². The maximum Gasteiger partial charge on any atom is 0.255 e. The van der Waals surface area contributed by atoms with Gasteiger partial charge in [0.25, 0.3) is 5.91 Å². The summed E-state index contributed by atoms with van der Waals surface area (Å²) >= 11 is 5.83. The number of halogens is 1. The summed E-state index contributed by atoms with van der Waals surface area (Å²) < 4.78 is 5.17. The number of nitrogens with one attached hydrogen (secondary N) is 1. The third-order valence-corrected chi connectivity index (χ3v) is 3.65. The second-order valence-electron chi connectivity index (χ2n) is 4.96. The average Bonchev–Trinajstić information content (AvgIpc) is 2.54. The fourth-order valence-corrected chi connectivity index (χ4v) is 2.27. The Hall–Kier alpha value is -2.04. The van der Waals surface area contributed by atoms with Crippen molar-refractivity contribution in [3.8, 4) is 5.75 Å². The summed E-state index contributed by atoms with van der Waals surface area (Å²) in [7, 11) is 1.51. The number of aliphatic hydroxyl groups is 1. The van der Waals surface area contributed by atoms with Crippen LogP contribution in [0.1, 0.15) is 28.9 Å². The molecule has 0 heterocycles. The number of amides is 1. The molecule has 1 amide bonds. The van der Waals surface area contributed by atoms with E-state index in [0.717, 1.165) is 0 Å². The lowest BCUT2D eigenvalue weighted by Gasteiger charge is -2.21. The van der Waals surface area contributed by atoms with Gasteiger partial charge in [0, 0.05) is 5.02 Å². The molecule has 0 aromatic heterocycles. The Balaban J connectivity index is 2.09. The smallest absolute Gasteiger partial charge is 0.255 e. The minimum atomic E-state index is -0.823. The fraction of sp³-hybridized carbons (Fsp3) is 0.235. The molecule has 4 nitrogen and oxygen atoms in total. The molecule has 0 aliphatic rings. The van der Waals surface area contributed by atoms with E-state index in [1.54, 1.807) is 55.5 Å². The van der Waals surface area contributed by atoms with Crippen LogP contribution in [0, 0.1) is 0 Å². The minimum Gasteiger partial charge on any atom is -0.496 e. The van der Waals surface area contributed by atoms with Crippen LogP contribution in [0.3, 0.4) is 0 Å². The molecule has 0 fully saturated rings. The Morgan fingerprint density at radius 3 is 2.45 bits per heavy atom. The van der Waals surface area contributed by atoms with E-state index in [9.17, 15) is 9.90 Å². The van der Waals surface area contributed by atoms with Crippen molar-refractivity contribution in [2.45, 2.75) is 19.1 Å². The number of methoxy groups -OCH3 is 1. The Labute approximate surface area is 134 Å².